The predicted octanol–water partition coefficient (Wildman–Crippen LogP) is 3.59. The van der Waals surface area contributed by atoms with Crippen LogP contribution in [0.15, 0.2) is 42.1 Å². The highest BCUT2D eigenvalue weighted by Gasteiger charge is 2.20. The monoisotopic (exact) mass is 387 g/mol. The van der Waals surface area contributed by atoms with Gasteiger partial charge in [0, 0.05) is 37.4 Å². The van der Waals surface area contributed by atoms with Gasteiger partial charge in [-0.15, -0.1) is 16.8 Å². The van der Waals surface area contributed by atoms with Crippen LogP contribution in [0.5, 0.6) is 0 Å². The fraction of sp³-hybridized carbons (Fsp3) is 0.450. The molecule has 1 amide bonds. The molecule has 1 aromatic carbocycles. The Balaban J connectivity index is 2.20. The van der Waals surface area contributed by atoms with Gasteiger partial charge in [0.05, 0.1) is 5.25 Å². The minimum absolute atomic E-state index is 0.0318. The summed E-state index contributed by atoms with van der Waals surface area (Å²) < 4.78 is 2.05. The molecule has 146 valence electrons. The van der Waals surface area contributed by atoms with Crippen LogP contribution in [-0.4, -0.2) is 45.6 Å². The number of nitrogens with zero attached hydrogens (tertiary/aromatic N) is 4. The van der Waals surface area contributed by atoms with Gasteiger partial charge in [0.1, 0.15) is 0 Å². The second kappa shape index (κ2) is 10.2. The molecule has 2 aromatic rings. The second-order valence-corrected chi connectivity index (χ2v) is 7.37. The first-order valence-electron chi connectivity index (χ1n) is 9.39. The molecule has 1 N–H and O–H groups in total. The van der Waals surface area contributed by atoms with Crippen molar-refractivity contribution in [3.8, 4) is 11.4 Å². The lowest BCUT2D eigenvalue weighted by atomic mass is 10.2. The van der Waals surface area contributed by atoms with Crippen LogP contribution in [0.1, 0.15) is 27.7 Å². The molecule has 0 radical (unpaired) electrons. The third kappa shape index (κ3) is 5.13. The number of aromatic nitrogens is 3. The largest absolute Gasteiger partial charge is 0.372 e. The van der Waals surface area contributed by atoms with Gasteiger partial charge in [-0.25, -0.2) is 0 Å². The molecule has 1 atom stereocenters. The molecule has 0 fully saturated rings. The van der Waals surface area contributed by atoms with Crippen molar-refractivity contribution in [2.45, 2.75) is 44.6 Å². The lowest BCUT2D eigenvalue weighted by molar-refractivity contribution is -0.120. The van der Waals surface area contributed by atoms with Gasteiger partial charge in [0.25, 0.3) is 0 Å². The Hall–Kier alpha value is -2.28. The van der Waals surface area contributed by atoms with Crippen molar-refractivity contribution in [3.05, 3.63) is 36.9 Å². The van der Waals surface area contributed by atoms with E-state index in [2.05, 4.69) is 72.0 Å². The van der Waals surface area contributed by atoms with Crippen molar-refractivity contribution in [3.63, 3.8) is 0 Å². The topological polar surface area (TPSA) is 63.1 Å². The van der Waals surface area contributed by atoms with E-state index in [1.54, 1.807) is 6.08 Å². The molecule has 0 spiro atoms. The third-order valence-electron chi connectivity index (χ3n) is 4.36. The molecule has 0 aliphatic rings. The van der Waals surface area contributed by atoms with Gasteiger partial charge in [0.2, 0.25) is 5.91 Å². The molecule has 1 aromatic heterocycles. The molecule has 27 heavy (non-hydrogen) atoms. The molecular formula is C20H29N5OS. The summed E-state index contributed by atoms with van der Waals surface area (Å²) in [4.78, 5) is 14.4. The van der Waals surface area contributed by atoms with E-state index in [9.17, 15) is 4.79 Å². The van der Waals surface area contributed by atoms with Gasteiger partial charge >= 0.3 is 0 Å². The molecule has 0 bridgehead atoms. The minimum atomic E-state index is -0.252. The van der Waals surface area contributed by atoms with Crippen molar-refractivity contribution in [1.82, 2.24) is 20.1 Å². The quantitative estimate of drug-likeness (QED) is 0.499. The first-order valence-corrected chi connectivity index (χ1v) is 10.3. The van der Waals surface area contributed by atoms with E-state index in [4.69, 9.17) is 0 Å². The van der Waals surface area contributed by atoms with Crippen LogP contribution in [0.3, 0.4) is 0 Å². The third-order valence-corrected chi connectivity index (χ3v) is 5.44. The van der Waals surface area contributed by atoms with Crippen molar-refractivity contribution < 1.29 is 4.79 Å². The number of benzene rings is 1. The average Bonchev–Trinajstić information content (AvgIpc) is 3.10. The van der Waals surface area contributed by atoms with Gasteiger partial charge < -0.3 is 14.8 Å². The Morgan fingerprint density at radius 1 is 1.26 bits per heavy atom. The average molecular weight is 388 g/mol. The summed E-state index contributed by atoms with van der Waals surface area (Å²) in [6.07, 6.45) is 1.67. The molecule has 0 saturated heterocycles. The zero-order valence-electron chi connectivity index (χ0n) is 16.6. The molecule has 1 heterocycles. The van der Waals surface area contributed by atoms with E-state index in [0.717, 1.165) is 36.2 Å². The number of nitrogens with one attached hydrogen (secondary N) is 1. The Labute approximate surface area is 166 Å². The van der Waals surface area contributed by atoms with Crippen LogP contribution in [0.25, 0.3) is 11.4 Å². The van der Waals surface area contributed by atoms with Crippen molar-refractivity contribution in [2.24, 2.45) is 0 Å². The summed E-state index contributed by atoms with van der Waals surface area (Å²) in [5, 5.41) is 12.0. The number of hydrogen-bond acceptors (Lipinski definition) is 5. The molecular weight excluding hydrogens is 358 g/mol. The number of carbonyl (C=O) groups excluding carboxylic acids is 1. The van der Waals surface area contributed by atoms with Gasteiger partial charge in [0.15, 0.2) is 11.0 Å². The normalized spacial score (nSPS) is 11.9. The van der Waals surface area contributed by atoms with E-state index >= 15 is 0 Å². The van der Waals surface area contributed by atoms with E-state index in [1.807, 2.05) is 11.5 Å². The number of anilines is 1. The van der Waals surface area contributed by atoms with Gasteiger partial charge in [-0.05, 0) is 52.0 Å². The maximum absolute atomic E-state index is 12.1. The van der Waals surface area contributed by atoms with Crippen LogP contribution in [0.2, 0.25) is 0 Å². The highest BCUT2D eigenvalue weighted by molar-refractivity contribution is 8.00. The minimum Gasteiger partial charge on any atom is -0.372 e. The van der Waals surface area contributed by atoms with Crippen LogP contribution in [0.4, 0.5) is 5.69 Å². The molecule has 6 nitrogen and oxygen atoms in total. The van der Waals surface area contributed by atoms with Crippen LogP contribution >= 0.6 is 11.8 Å². The Kier molecular flexibility index (Phi) is 7.91. The fourth-order valence-corrected chi connectivity index (χ4v) is 3.75. The van der Waals surface area contributed by atoms with E-state index < -0.39 is 0 Å². The fourth-order valence-electron chi connectivity index (χ4n) is 2.81. The Bertz CT molecular complexity index is 752. The smallest absolute Gasteiger partial charge is 0.233 e. The van der Waals surface area contributed by atoms with Crippen molar-refractivity contribution in [2.75, 3.05) is 24.5 Å². The highest BCUT2D eigenvalue weighted by Crippen LogP contribution is 2.28. The van der Waals surface area contributed by atoms with E-state index in [0.29, 0.717) is 6.54 Å². The molecule has 1 unspecified atom stereocenters. The first kappa shape index (κ1) is 21.0. The van der Waals surface area contributed by atoms with E-state index in [-0.39, 0.29) is 11.2 Å². The van der Waals surface area contributed by atoms with Gasteiger partial charge in [-0.1, -0.05) is 17.8 Å². The zero-order chi connectivity index (χ0) is 19.8. The molecule has 0 aliphatic heterocycles. The van der Waals surface area contributed by atoms with Gasteiger partial charge in [-0.2, -0.15) is 0 Å². The standard InChI is InChI=1S/C20H29N5OS/c1-6-14-21-19(26)15(5)27-20-23-22-18(25(20)9-4)16-10-12-17(13-11-16)24(7-2)8-3/h6,10-13,15H,1,7-9,14H2,2-5H3,(H,21,26). The summed E-state index contributed by atoms with van der Waals surface area (Å²) >= 11 is 1.42. The summed E-state index contributed by atoms with van der Waals surface area (Å²) in [6, 6.07) is 8.40. The first-order chi connectivity index (χ1) is 13.0. The number of amides is 1. The summed E-state index contributed by atoms with van der Waals surface area (Å²) in [5.41, 5.74) is 2.23. The SMILES string of the molecule is C=CCNC(=O)C(C)Sc1nnc(-c2ccc(N(CC)CC)cc2)n1CC. The van der Waals surface area contributed by atoms with Crippen LogP contribution < -0.4 is 10.2 Å². The Morgan fingerprint density at radius 2 is 1.93 bits per heavy atom. The summed E-state index contributed by atoms with van der Waals surface area (Å²) in [5.74, 6) is 0.792. The summed E-state index contributed by atoms with van der Waals surface area (Å²) in [6.45, 7) is 15.0. The lowest BCUT2D eigenvalue weighted by Crippen LogP contribution is -2.31. The lowest BCUT2D eigenvalue weighted by Gasteiger charge is -2.21. The van der Waals surface area contributed by atoms with Gasteiger partial charge in [-0.3, -0.25) is 4.79 Å². The molecule has 0 aliphatic carbocycles. The van der Waals surface area contributed by atoms with Crippen molar-refractivity contribution in [1.29, 1.82) is 0 Å². The van der Waals surface area contributed by atoms with Crippen LogP contribution in [-0.2, 0) is 11.3 Å². The van der Waals surface area contributed by atoms with Crippen LogP contribution in [0, 0.1) is 0 Å². The van der Waals surface area contributed by atoms with Crippen molar-refractivity contribution >= 4 is 23.4 Å². The zero-order valence-corrected chi connectivity index (χ0v) is 17.4. The Morgan fingerprint density at radius 3 is 2.48 bits per heavy atom. The molecule has 2 rings (SSSR count). The predicted molar refractivity (Wildman–Crippen MR) is 113 cm³/mol. The second-order valence-electron chi connectivity index (χ2n) is 6.06. The maximum Gasteiger partial charge on any atom is 0.233 e. The highest BCUT2D eigenvalue weighted by atomic mass is 32.2. The number of rotatable bonds is 10. The number of thioether (sulfide) groups is 1. The number of hydrogen-bond donors (Lipinski definition) is 1. The van der Waals surface area contributed by atoms with E-state index in [1.165, 1.54) is 17.4 Å². The summed E-state index contributed by atoms with van der Waals surface area (Å²) in [7, 11) is 0. The molecule has 7 heteroatoms. The molecule has 0 saturated carbocycles. The maximum atomic E-state index is 12.1. The number of carbonyl (C=O) groups is 1.